The van der Waals surface area contributed by atoms with E-state index in [1.165, 1.54) is 25.3 Å². The van der Waals surface area contributed by atoms with Gasteiger partial charge in [0.2, 0.25) is 0 Å². The van der Waals surface area contributed by atoms with Crippen molar-refractivity contribution in [1.29, 1.82) is 0 Å². The number of ether oxygens (including phenoxy) is 2. The Kier molecular flexibility index (Phi) is 6.90. The molecule has 1 amide bonds. The van der Waals surface area contributed by atoms with Gasteiger partial charge in [0.25, 0.3) is 5.91 Å². The van der Waals surface area contributed by atoms with Gasteiger partial charge in [0.15, 0.2) is 0 Å². The van der Waals surface area contributed by atoms with Crippen molar-refractivity contribution in [2.75, 3.05) is 0 Å². The maximum Gasteiger partial charge on any atom is 0.347 e. The smallest absolute Gasteiger partial charge is 0.347 e. The zero-order chi connectivity index (χ0) is 22.2. The highest BCUT2D eigenvalue weighted by Crippen LogP contribution is 2.21. The van der Waals surface area contributed by atoms with Crippen molar-refractivity contribution >= 4 is 24.1 Å². The van der Waals surface area contributed by atoms with Gasteiger partial charge in [-0.05, 0) is 61.0 Å². The number of hydrazone groups is 1. The van der Waals surface area contributed by atoms with Gasteiger partial charge in [-0.15, -0.1) is 0 Å². The van der Waals surface area contributed by atoms with Crippen LogP contribution in [0.3, 0.4) is 0 Å². The van der Waals surface area contributed by atoms with Gasteiger partial charge in [0, 0.05) is 12.5 Å². The molecule has 156 valence electrons. The Morgan fingerprint density at radius 3 is 2.23 bits per heavy atom. The number of hydrogen-bond donors (Lipinski definition) is 1. The van der Waals surface area contributed by atoms with E-state index >= 15 is 0 Å². The van der Waals surface area contributed by atoms with Crippen LogP contribution in [0.5, 0.6) is 11.5 Å². The number of esters is 2. The fourth-order valence-electron chi connectivity index (χ4n) is 2.60. The number of benzene rings is 3. The number of carbonyl (C=O) groups excluding carboxylic acids is 3. The fraction of sp³-hybridized carbons (Fsp3) is 0.0833. The zero-order valence-corrected chi connectivity index (χ0v) is 17.0. The van der Waals surface area contributed by atoms with Gasteiger partial charge in [-0.2, -0.15) is 5.10 Å². The molecule has 7 nitrogen and oxygen atoms in total. The van der Waals surface area contributed by atoms with E-state index in [4.69, 9.17) is 9.47 Å². The molecule has 0 fully saturated rings. The molecule has 0 radical (unpaired) electrons. The Bertz CT molecular complexity index is 1120. The van der Waals surface area contributed by atoms with Crippen molar-refractivity contribution in [2.45, 2.75) is 13.8 Å². The van der Waals surface area contributed by atoms with Gasteiger partial charge in [0.05, 0.1) is 6.21 Å². The van der Waals surface area contributed by atoms with E-state index in [1.54, 1.807) is 48.5 Å². The number of rotatable bonds is 6. The summed E-state index contributed by atoms with van der Waals surface area (Å²) in [5, 5.41) is 3.94. The molecular weight excluding hydrogens is 396 g/mol. The van der Waals surface area contributed by atoms with Crippen LogP contribution in [0.4, 0.5) is 0 Å². The summed E-state index contributed by atoms with van der Waals surface area (Å²) in [6.07, 6.45) is 1.48. The zero-order valence-electron chi connectivity index (χ0n) is 17.0. The SMILES string of the molecule is CC(=O)Oc1ccccc1C(=O)Oc1ccc(/C=N/NC(=O)c2ccc(C)cc2)cc1. The first-order chi connectivity index (χ1) is 14.9. The molecule has 0 aliphatic rings. The molecule has 1 N–H and O–H groups in total. The number of aryl methyl sites for hydroxylation is 1. The van der Waals surface area contributed by atoms with Crippen molar-refractivity contribution in [3.8, 4) is 11.5 Å². The molecule has 0 spiro atoms. The molecule has 0 aliphatic heterocycles. The Morgan fingerprint density at radius 1 is 0.871 bits per heavy atom. The Morgan fingerprint density at radius 2 is 1.55 bits per heavy atom. The van der Waals surface area contributed by atoms with Crippen molar-refractivity contribution in [1.82, 2.24) is 5.43 Å². The number of nitrogens with one attached hydrogen (secondary N) is 1. The van der Waals surface area contributed by atoms with Gasteiger partial charge in [-0.1, -0.05) is 29.8 Å². The summed E-state index contributed by atoms with van der Waals surface area (Å²) in [5.41, 5.74) is 4.88. The van der Waals surface area contributed by atoms with E-state index in [2.05, 4.69) is 10.5 Å². The minimum Gasteiger partial charge on any atom is -0.426 e. The maximum absolute atomic E-state index is 12.4. The van der Waals surface area contributed by atoms with Crippen LogP contribution in [0, 0.1) is 6.92 Å². The van der Waals surface area contributed by atoms with E-state index in [-0.39, 0.29) is 17.2 Å². The summed E-state index contributed by atoms with van der Waals surface area (Å²) in [4.78, 5) is 35.6. The molecule has 0 aliphatic carbocycles. The van der Waals surface area contributed by atoms with Crippen molar-refractivity contribution in [2.24, 2.45) is 5.10 Å². The normalized spacial score (nSPS) is 10.5. The van der Waals surface area contributed by atoms with Crippen LogP contribution in [0.15, 0.2) is 77.9 Å². The average molecular weight is 416 g/mol. The number of nitrogens with zero attached hydrogens (tertiary/aromatic N) is 1. The Hall–Kier alpha value is -4.26. The van der Waals surface area contributed by atoms with Gasteiger partial charge in [-0.3, -0.25) is 9.59 Å². The molecule has 31 heavy (non-hydrogen) atoms. The first-order valence-electron chi connectivity index (χ1n) is 9.42. The number of hydrogen-bond acceptors (Lipinski definition) is 6. The number of para-hydroxylation sites is 1. The van der Waals surface area contributed by atoms with Gasteiger partial charge < -0.3 is 9.47 Å². The van der Waals surface area contributed by atoms with Gasteiger partial charge >= 0.3 is 11.9 Å². The predicted octanol–water partition coefficient (Wildman–Crippen LogP) is 3.90. The topological polar surface area (TPSA) is 94.1 Å². The second-order valence-corrected chi connectivity index (χ2v) is 6.61. The Labute approximate surface area is 179 Å². The third kappa shape index (κ3) is 6.11. The second-order valence-electron chi connectivity index (χ2n) is 6.61. The third-order valence-corrected chi connectivity index (χ3v) is 4.14. The van der Waals surface area contributed by atoms with Crippen molar-refractivity contribution in [3.63, 3.8) is 0 Å². The molecular formula is C24H20N2O5. The minimum atomic E-state index is -0.649. The quantitative estimate of drug-likeness (QED) is 0.285. The third-order valence-electron chi connectivity index (χ3n) is 4.14. The van der Waals surface area contributed by atoms with E-state index in [0.717, 1.165) is 5.56 Å². The lowest BCUT2D eigenvalue weighted by molar-refractivity contribution is -0.131. The molecule has 7 heteroatoms. The molecule has 0 bridgehead atoms. The summed E-state index contributed by atoms with van der Waals surface area (Å²) >= 11 is 0. The summed E-state index contributed by atoms with van der Waals surface area (Å²) in [7, 11) is 0. The monoisotopic (exact) mass is 416 g/mol. The highest BCUT2D eigenvalue weighted by Gasteiger charge is 2.15. The molecule has 0 aromatic heterocycles. The molecule has 3 aromatic carbocycles. The Balaban J connectivity index is 1.59. The molecule has 3 aromatic rings. The number of carbonyl (C=O) groups is 3. The van der Waals surface area contributed by atoms with Gasteiger partial charge in [-0.25, -0.2) is 10.2 Å². The van der Waals surface area contributed by atoms with E-state index < -0.39 is 11.9 Å². The van der Waals surface area contributed by atoms with Crippen LogP contribution in [-0.2, 0) is 4.79 Å². The van der Waals surface area contributed by atoms with E-state index in [1.807, 2.05) is 19.1 Å². The highest BCUT2D eigenvalue weighted by atomic mass is 16.5. The van der Waals surface area contributed by atoms with Crippen LogP contribution >= 0.6 is 0 Å². The summed E-state index contributed by atoms with van der Waals surface area (Å²) in [6.45, 7) is 3.20. The van der Waals surface area contributed by atoms with Crippen LogP contribution in [-0.4, -0.2) is 24.1 Å². The summed E-state index contributed by atoms with van der Waals surface area (Å²) in [5.74, 6) is -1.05. The molecule has 0 atom stereocenters. The number of amides is 1. The minimum absolute atomic E-state index is 0.132. The van der Waals surface area contributed by atoms with Crippen LogP contribution in [0.2, 0.25) is 0 Å². The molecule has 0 heterocycles. The second kappa shape index (κ2) is 9.98. The average Bonchev–Trinajstić information content (AvgIpc) is 2.75. The molecule has 0 saturated carbocycles. The van der Waals surface area contributed by atoms with Crippen molar-refractivity contribution < 1.29 is 23.9 Å². The molecule has 0 unspecified atom stereocenters. The highest BCUT2D eigenvalue weighted by molar-refractivity contribution is 5.95. The van der Waals surface area contributed by atoms with E-state index in [9.17, 15) is 14.4 Å². The maximum atomic E-state index is 12.4. The van der Waals surface area contributed by atoms with Crippen molar-refractivity contribution in [3.05, 3.63) is 95.1 Å². The lowest BCUT2D eigenvalue weighted by atomic mass is 10.1. The largest absolute Gasteiger partial charge is 0.426 e. The van der Waals surface area contributed by atoms with E-state index in [0.29, 0.717) is 16.9 Å². The first-order valence-corrected chi connectivity index (χ1v) is 9.42. The molecule has 0 saturated heterocycles. The summed E-state index contributed by atoms with van der Waals surface area (Å²) in [6, 6.07) is 20.0. The first kappa shape index (κ1) is 21.4. The van der Waals surface area contributed by atoms with Crippen LogP contribution in [0.1, 0.15) is 38.8 Å². The standard InChI is InChI=1S/C24H20N2O5/c1-16-7-11-19(12-8-16)23(28)26-25-15-18-9-13-20(14-10-18)31-24(29)21-5-3-4-6-22(21)30-17(2)27/h3-15H,1-2H3,(H,26,28)/b25-15+. The fourth-order valence-corrected chi connectivity index (χ4v) is 2.60. The lowest BCUT2D eigenvalue weighted by Crippen LogP contribution is -2.17. The lowest BCUT2D eigenvalue weighted by Gasteiger charge is -2.08. The predicted molar refractivity (Wildman–Crippen MR) is 115 cm³/mol. The molecule has 3 rings (SSSR count). The summed E-state index contributed by atoms with van der Waals surface area (Å²) < 4.78 is 10.4. The van der Waals surface area contributed by atoms with Crippen LogP contribution in [0.25, 0.3) is 0 Å². The van der Waals surface area contributed by atoms with Crippen LogP contribution < -0.4 is 14.9 Å². The van der Waals surface area contributed by atoms with Gasteiger partial charge in [0.1, 0.15) is 17.1 Å².